The highest BCUT2D eigenvalue weighted by molar-refractivity contribution is 5.96. The molecule has 2 aromatic heterocycles. The number of hydrogen-bond donors (Lipinski definition) is 1. The molecule has 2 rings (SSSR count). The largest absolute Gasteiger partial charge is 0.348 e. The molecule has 0 bridgehead atoms. The van der Waals surface area contributed by atoms with Gasteiger partial charge in [-0.25, -0.2) is 0 Å². The summed E-state index contributed by atoms with van der Waals surface area (Å²) in [6.07, 6.45) is 3.42. The predicted molar refractivity (Wildman–Crippen MR) is 68.1 cm³/mol. The van der Waals surface area contributed by atoms with Gasteiger partial charge in [-0.05, 0) is 31.5 Å². The van der Waals surface area contributed by atoms with Crippen LogP contribution in [0.25, 0.3) is 0 Å². The number of aromatic nitrogens is 3. The van der Waals surface area contributed by atoms with Gasteiger partial charge in [-0.3, -0.25) is 14.5 Å². The van der Waals surface area contributed by atoms with Crippen molar-refractivity contribution in [3.8, 4) is 0 Å². The third kappa shape index (κ3) is 2.40. The molecular formula is C13H16N4O. The van der Waals surface area contributed by atoms with Crippen molar-refractivity contribution in [3.05, 3.63) is 47.0 Å². The number of hydrogen-bond acceptors (Lipinski definition) is 3. The SMILES string of the molecule is Cc1nn(C)c(C)c1C(=O)NCc1ccncc1. The lowest BCUT2D eigenvalue weighted by molar-refractivity contribution is 0.0949. The van der Waals surface area contributed by atoms with Crippen LogP contribution in [0.4, 0.5) is 0 Å². The zero-order valence-corrected chi connectivity index (χ0v) is 10.8. The van der Waals surface area contributed by atoms with Gasteiger partial charge in [-0.1, -0.05) is 0 Å². The average molecular weight is 244 g/mol. The summed E-state index contributed by atoms with van der Waals surface area (Å²) in [6, 6.07) is 3.76. The zero-order chi connectivity index (χ0) is 13.1. The number of pyridine rings is 1. The van der Waals surface area contributed by atoms with Crippen LogP contribution in [0.15, 0.2) is 24.5 Å². The molecule has 5 heteroatoms. The van der Waals surface area contributed by atoms with Crippen molar-refractivity contribution in [1.82, 2.24) is 20.1 Å². The van der Waals surface area contributed by atoms with Crippen LogP contribution in [0.5, 0.6) is 0 Å². The maximum Gasteiger partial charge on any atom is 0.255 e. The minimum Gasteiger partial charge on any atom is -0.348 e. The molecule has 0 aliphatic rings. The first kappa shape index (κ1) is 12.3. The second kappa shape index (κ2) is 5.00. The Bertz CT molecular complexity index is 560. The van der Waals surface area contributed by atoms with Gasteiger partial charge in [0.1, 0.15) is 0 Å². The Kier molecular flexibility index (Phi) is 3.41. The summed E-state index contributed by atoms with van der Waals surface area (Å²) in [5, 5.41) is 7.12. The third-order valence-electron chi connectivity index (χ3n) is 2.94. The molecule has 2 aromatic rings. The van der Waals surface area contributed by atoms with Crippen molar-refractivity contribution in [2.75, 3.05) is 0 Å². The molecule has 0 aromatic carbocycles. The van der Waals surface area contributed by atoms with Crippen LogP contribution < -0.4 is 5.32 Å². The van der Waals surface area contributed by atoms with E-state index in [2.05, 4.69) is 15.4 Å². The fourth-order valence-corrected chi connectivity index (χ4v) is 1.87. The number of nitrogens with zero attached hydrogens (tertiary/aromatic N) is 3. The summed E-state index contributed by atoms with van der Waals surface area (Å²) < 4.78 is 1.72. The van der Waals surface area contributed by atoms with E-state index in [-0.39, 0.29) is 5.91 Å². The van der Waals surface area contributed by atoms with Crippen LogP contribution in [0.2, 0.25) is 0 Å². The van der Waals surface area contributed by atoms with Crippen LogP contribution in [-0.4, -0.2) is 20.7 Å². The molecule has 2 heterocycles. The number of carbonyl (C=O) groups excluding carboxylic acids is 1. The molecular weight excluding hydrogens is 228 g/mol. The lowest BCUT2D eigenvalue weighted by Gasteiger charge is -2.05. The Morgan fingerprint density at radius 3 is 2.56 bits per heavy atom. The van der Waals surface area contributed by atoms with Crippen molar-refractivity contribution >= 4 is 5.91 Å². The third-order valence-corrected chi connectivity index (χ3v) is 2.94. The normalized spacial score (nSPS) is 10.4. The van der Waals surface area contributed by atoms with Crippen molar-refractivity contribution in [2.45, 2.75) is 20.4 Å². The smallest absolute Gasteiger partial charge is 0.255 e. The number of aryl methyl sites for hydroxylation is 2. The van der Waals surface area contributed by atoms with Gasteiger partial charge >= 0.3 is 0 Å². The first-order valence-corrected chi connectivity index (χ1v) is 5.77. The molecule has 0 fully saturated rings. The molecule has 0 spiro atoms. The molecule has 1 N–H and O–H groups in total. The Balaban J connectivity index is 2.09. The number of amides is 1. The van der Waals surface area contributed by atoms with E-state index in [4.69, 9.17) is 0 Å². The van der Waals surface area contributed by atoms with Crippen LogP contribution in [0.3, 0.4) is 0 Å². The second-order valence-corrected chi connectivity index (χ2v) is 4.21. The molecule has 0 atom stereocenters. The van der Waals surface area contributed by atoms with E-state index in [0.717, 1.165) is 17.0 Å². The maximum absolute atomic E-state index is 12.1. The molecule has 1 amide bonds. The van der Waals surface area contributed by atoms with Crippen LogP contribution in [0, 0.1) is 13.8 Å². The Hall–Kier alpha value is -2.17. The van der Waals surface area contributed by atoms with E-state index in [1.165, 1.54) is 0 Å². The number of carbonyl (C=O) groups is 1. The fraction of sp³-hybridized carbons (Fsp3) is 0.308. The minimum atomic E-state index is -0.0880. The van der Waals surface area contributed by atoms with Gasteiger partial charge in [0, 0.05) is 31.7 Å². The highest BCUT2D eigenvalue weighted by atomic mass is 16.1. The van der Waals surface area contributed by atoms with Crippen molar-refractivity contribution in [1.29, 1.82) is 0 Å². The topological polar surface area (TPSA) is 59.8 Å². The minimum absolute atomic E-state index is 0.0880. The van der Waals surface area contributed by atoms with Crippen LogP contribution >= 0.6 is 0 Å². The van der Waals surface area contributed by atoms with Crippen LogP contribution in [0.1, 0.15) is 27.3 Å². The number of nitrogens with one attached hydrogen (secondary N) is 1. The Morgan fingerprint density at radius 1 is 1.33 bits per heavy atom. The van der Waals surface area contributed by atoms with E-state index in [0.29, 0.717) is 12.1 Å². The van der Waals surface area contributed by atoms with Crippen molar-refractivity contribution < 1.29 is 4.79 Å². The molecule has 0 aliphatic carbocycles. The van der Waals surface area contributed by atoms with Crippen molar-refractivity contribution in [2.24, 2.45) is 7.05 Å². The summed E-state index contributed by atoms with van der Waals surface area (Å²) in [5.41, 5.74) is 3.31. The predicted octanol–water partition coefficient (Wildman–Crippen LogP) is 1.36. The molecule has 0 unspecified atom stereocenters. The van der Waals surface area contributed by atoms with E-state index in [9.17, 15) is 4.79 Å². The summed E-state index contributed by atoms with van der Waals surface area (Å²) >= 11 is 0. The van der Waals surface area contributed by atoms with E-state index in [1.807, 2.05) is 33.0 Å². The standard InChI is InChI=1S/C13H16N4O/c1-9-12(10(2)17(3)16-9)13(18)15-8-11-4-6-14-7-5-11/h4-7H,8H2,1-3H3,(H,15,18). The fourth-order valence-electron chi connectivity index (χ4n) is 1.87. The lowest BCUT2D eigenvalue weighted by Crippen LogP contribution is -2.24. The maximum atomic E-state index is 12.1. The van der Waals surface area contributed by atoms with Gasteiger partial charge in [0.25, 0.3) is 5.91 Å². The van der Waals surface area contributed by atoms with E-state index >= 15 is 0 Å². The van der Waals surface area contributed by atoms with Gasteiger partial charge in [0.05, 0.1) is 11.3 Å². The average Bonchev–Trinajstić information content (AvgIpc) is 2.62. The Labute approximate surface area is 106 Å². The lowest BCUT2D eigenvalue weighted by atomic mass is 10.2. The van der Waals surface area contributed by atoms with Crippen LogP contribution in [-0.2, 0) is 13.6 Å². The summed E-state index contributed by atoms with van der Waals surface area (Å²) in [4.78, 5) is 16.0. The van der Waals surface area contributed by atoms with E-state index in [1.54, 1.807) is 17.1 Å². The van der Waals surface area contributed by atoms with E-state index < -0.39 is 0 Å². The highest BCUT2D eigenvalue weighted by Gasteiger charge is 2.16. The first-order valence-electron chi connectivity index (χ1n) is 5.77. The Morgan fingerprint density at radius 2 is 2.00 bits per heavy atom. The first-order chi connectivity index (χ1) is 8.59. The monoisotopic (exact) mass is 244 g/mol. The summed E-state index contributed by atoms with van der Waals surface area (Å²) in [7, 11) is 1.84. The number of rotatable bonds is 3. The molecule has 0 saturated carbocycles. The summed E-state index contributed by atoms with van der Waals surface area (Å²) in [5.74, 6) is -0.0880. The van der Waals surface area contributed by atoms with Gasteiger partial charge in [0.2, 0.25) is 0 Å². The second-order valence-electron chi connectivity index (χ2n) is 4.21. The molecule has 5 nitrogen and oxygen atoms in total. The van der Waals surface area contributed by atoms with Crippen molar-refractivity contribution in [3.63, 3.8) is 0 Å². The quantitative estimate of drug-likeness (QED) is 0.887. The zero-order valence-electron chi connectivity index (χ0n) is 10.8. The molecule has 94 valence electrons. The molecule has 0 saturated heterocycles. The highest BCUT2D eigenvalue weighted by Crippen LogP contribution is 2.11. The van der Waals surface area contributed by atoms with Gasteiger partial charge in [-0.2, -0.15) is 5.10 Å². The van der Waals surface area contributed by atoms with Gasteiger partial charge in [-0.15, -0.1) is 0 Å². The van der Waals surface area contributed by atoms with Gasteiger partial charge in [0.15, 0.2) is 0 Å². The summed E-state index contributed by atoms with van der Waals surface area (Å²) in [6.45, 7) is 4.23. The molecule has 0 aliphatic heterocycles. The molecule has 0 radical (unpaired) electrons. The molecule has 18 heavy (non-hydrogen) atoms. The van der Waals surface area contributed by atoms with Gasteiger partial charge < -0.3 is 5.32 Å².